The molecule has 0 saturated carbocycles. The summed E-state index contributed by atoms with van der Waals surface area (Å²) >= 11 is 0. The number of anilines is 1. The van der Waals surface area contributed by atoms with Gasteiger partial charge in [0.2, 0.25) is 11.8 Å². The molecule has 0 fully saturated rings. The molecular weight excluding hydrogens is 576 g/mol. The minimum atomic E-state index is -3.98. The molecule has 0 aliphatic heterocycles. The van der Waals surface area contributed by atoms with Gasteiger partial charge in [-0.25, -0.2) is 8.42 Å². The molecule has 0 saturated heterocycles. The summed E-state index contributed by atoms with van der Waals surface area (Å²) in [5.74, 6) is 0.320. The van der Waals surface area contributed by atoms with Crippen LogP contribution in [0, 0.1) is 19.8 Å². The summed E-state index contributed by atoms with van der Waals surface area (Å²) in [6.45, 7) is 7.68. The van der Waals surface area contributed by atoms with Gasteiger partial charge in [-0.2, -0.15) is 0 Å². The lowest BCUT2D eigenvalue weighted by atomic mass is 9.95. The van der Waals surface area contributed by atoms with Crippen LogP contribution in [0.1, 0.15) is 49.1 Å². The van der Waals surface area contributed by atoms with Crippen LogP contribution in [0.25, 0.3) is 11.1 Å². The van der Waals surface area contributed by atoms with Crippen molar-refractivity contribution in [3.63, 3.8) is 0 Å². The molecule has 44 heavy (non-hydrogen) atoms. The van der Waals surface area contributed by atoms with E-state index in [1.807, 2.05) is 68.4 Å². The molecule has 0 spiro atoms. The van der Waals surface area contributed by atoms with E-state index in [4.69, 9.17) is 4.52 Å². The van der Waals surface area contributed by atoms with Crippen molar-refractivity contribution >= 4 is 27.7 Å². The first-order chi connectivity index (χ1) is 21.1. The number of aryl methyl sites for hydroxylation is 2. The van der Waals surface area contributed by atoms with E-state index in [0.29, 0.717) is 28.9 Å². The number of aromatic nitrogens is 1. The molecule has 0 aliphatic carbocycles. The molecule has 4 aromatic rings. The number of rotatable bonds is 13. The Balaban J connectivity index is 1.61. The van der Waals surface area contributed by atoms with Crippen LogP contribution >= 0.6 is 0 Å². The van der Waals surface area contributed by atoms with Gasteiger partial charge in [0, 0.05) is 31.1 Å². The predicted molar refractivity (Wildman–Crippen MR) is 171 cm³/mol. The van der Waals surface area contributed by atoms with Gasteiger partial charge < -0.3 is 14.7 Å². The number of carbonyl (C=O) groups excluding carboxylic acids is 2. The molecule has 232 valence electrons. The van der Waals surface area contributed by atoms with Crippen molar-refractivity contribution in [3.05, 3.63) is 101 Å². The molecule has 1 unspecified atom stereocenters. The molecular formula is C34H40N4O5S. The van der Waals surface area contributed by atoms with Gasteiger partial charge in [-0.3, -0.25) is 14.3 Å². The molecule has 0 bridgehead atoms. The zero-order chi connectivity index (χ0) is 31.9. The maximum absolute atomic E-state index is 13.7. The highest BCUT2D eigenvalue weighted by molar-refractivity contribution is 7.92. The summed E-state index contributed by atoms with van der Waals surface area (Å²) in [5, 5.41) is 6.58. The maximum atomic E-state index is 13.7. The average molecular weight is 617 g/mol. The van der Waals surface area contributed by atoms with Gasteiger partial charge in [-0.05, 0) is 48.9 Å². The lowest BCUT2D eigenvalue weighted by molar-refractivity contribution is -0.143. The topological polar surface area (TPSA) is 122 Å². The SMILES string of the molecule is CCC(C)[C@@H](C(=O)NC)N(Cc1ccc(-c2ccccc2S(=O)(=O)Nc2noc(C)c2C)cc1)C(=O)CCc1ccccc1. The Morgan fingerprint density at radius 3 is 2.20 bits per heavy atom. The number of hydrogen-bond donors (Lipinski definition) is 2. The Hall–Kier alpha value is -4.44. The molecule has 0 aliphatic rings. The second kappa shape index (κ2) is 14.4. The van der Waals surface area contributed by atoms with Gasteiger partial charge >= 0.3 is 0 Å². The molecule has 10 heteroatoms. The molecule has 2 atom stereocenters. The molecule has 1 aromatic heterocycles. The number of nitrogens with one attached hydrogen (secondary N) is 2. The number of amides is 2. The molecule has 3 aromatic carbocycles. The third-order valence-electron chi connectivity index (χ3n) is 8.01. The quantitative estimate of drug-likeness (QED) is 0.194. The van der Waals surface area contributed by atoms with Crippen molar-refractivity contribution in [1.29, 1.82) is 0 Å². The third kappa shape index (κ3) is 7.55. The minimum Gasteiger partial charge on any atom is -0.359 e. The van der Waals surface area contributed by atoms with Crippen LogP contribution in [-0.2, 0) is 32.6 Å². The standard InChI is InChI=1S/C34H40N4O5S/c1-6-23(2)32(34(40)35-5)38(31(39)21-18-26-12-8-7-9-13-26)22-27-16-19-28(20-17-27)29-14-10-11-15-30(29)44(41,42)37-33-24(3)25(4)43-36-33/h7-17,19-20,23,32H,6,18,21-22H2,1-5H3,(H,35,40)(H,36,37)/t23?,32-/m0/s1. The largest absolute Gasteiger partial charge is 0.359 e. The second-order valence-electron chi connectivity index (χ2n) is 11.0. The number of sulfonamides is 1. The first kappa shape index (κ1) is 32.5. The smallest absolute Gasteiger partial charge is 0.263 e. The van der Waals surface area contributed by atoms with Crippen molar-refractivity contribution in [2.24, 2.45) is 5.92 Å². The van der Waals surface area contributed by atoms with E-state index in [1.165, 1.54) is 0 Å². The number of likely N-dealkylation sites (N-methyl/N-ethyl adjacent to an activating group) is 1. The first-order valence-electron chi connectivity index (χ1n) is 14.7. The van der Waals surface area contributed by atoms with E-state index in [-0.39, 0.29) is 41.4 Å². The van der Waals surface area contributed by atoms with Crippen LogP contribution in [-0.4, -0.2) is 43.4 Å². The van der Waals surface area contributed by atoms with Gasteiger partial charge in [-0.1, -0.05) is 98.2 Å². The minimum absolute atomic E-state index is 0.0587. The first-order valence-corrected chi connectivity index (χ1v) is 16.2. The van der Waals surface area contributed by atoms with Crippen LogP contribution < -0.4 is 10.0 Å². The van der Waals surface area contributed by atoms with E-state index in [1.54, 1.807) is 50.1 Å². The van der Waals surface area contributed by atoms with Crippen molar-refractivity contribution in [2.75, 3.05) is 11.8 Å². The number of carbonyl (C=O) groups is 2. The third-order valence-corrected chi connectivity index (χ3v) is 9.40. The average Bonchev–Trinajstić information content (AvgIpc) is 3.35. The Kier molecular flexibility index (Phi) is 10.6. The van der Waals surface area contributed by atoms with Crippen molar-refractivity contribution in [1.82, 2.24) is 15.4 Å². The van der Waals surface area contributed by atoms with Crippen molar-refractivity contribution in [3.8, 4) is 11.1 Å². The van der Waals surface area contributed by atoms with Crippen LogP contribution in [0.3, 0.4) is 0 Å². The zero-order valence-electron chi connectivity index (χ0n) is 25.8. The lowest BCUT2D eigenvalue weighted by Gasteiger charge is -2.34. The van der Waals surface area contributed by atoms with Crippen LogP contribution in [0.4, 0.5) is 5.82 Å². The summed E-state index contributed by atoms with van der Waals surface area (Å²) in [6.07, 6.45) is 1.57. The van der Waals surface area contributed by atoms with E-state index < -0.39 is 16.1 Å². The highest BCUT2D eigenvalue weighted by Crippen LogP contribution is 2.30. The van der Waals surface area contributed by atoms with E-state index in [9.17, 15) is 18.0 Å². The summed E-state index contributed by atoms with van der Waals surface area (Å²) in [6, 6.07) is 23.3. The van der Waals surface area contributed by atoms with Gasteiger partial charge in [0.1, 0.15) is 11.8 Å². The monoisotopic (exact) mass is 616 g/mol. The predicted octanol–water partition coefficient (Wildman–Crippen LogP) is 5.88. The maximum Gasteiger partial charge on any atom is 0.263 e. The number of hydrogen-bond acceptors (Lipinski definition) is 6. The van der Waals surface area contributed by atoms with Crippen molar-refractivity contribution in [2.45, 2.75) is 64.4 Å². The molecule has 1 heterocycles. The van der Waals surface area contributed by atoms with Gasteiger partial charge in [0.15, 0.2) is 5.82 Å². The summed E-state index contributed by atoms with van der Waals surface area (Å²) in [4.78, 5) is 28.5. The van der Waals surface area contributed by atoms with E-state index in [2.05, 4.69) is 15.2 Å². The number of benzene rings is 3. The molecule has 4 rings (SSSR count). The van der Waals surface area contributed by atoms with Gasteiger partial charge in [-0.15, -0.1) is 0 Å². The molecule has 2 N–H and O–H groups in total. The lowest BCUT2D eigenvalue weighted by Crippen LogP contribution is -2.51. The Morgan fingerprint density at radius 1 is 0.932 bits per heavy atom. The molecule has 2 amide bonds. The van der Waals surface area contributed by atoms with Crippen LogP contribution in [0.2, 0.25) is 0 Å². The fraction of sp³-hybridized carbons (Fsp3) is 0.324. The molecule has 0 radical (unpaired) electrons. The highest BCUT2D eigenvalue weighted by Gasteiger charge is 2.33. The summed E-state index contributed by atoms with van der Waals surface area (Å²) in [7, 11) is -2.39. The Bertz CT molecular complexity index is 1680. The Morgan fingerprint density at radius 2 is 1.59 bits per heavy atom. The summed E-state index contributed by atoms with van der Waals surface area (Å²) < 4.78 is 34.4. The normalized spacial score (nSPS) is 12.8. The zero-order valence-corrected chi connectivity index (χ0v) is 26.6. The highest BCUT2D eigenvalue weighted by atomic mass is 32.2. The van der Waals surface area contributed by atoms with Crippen LogP contribution in [0.15, 0.2) is 88.3 Å². The van der Waals surface area contributed by atoms with Gasteiger partial charge in [0.25, 0.3) is 10.0 Å². The fourth-order valence-corrected chi connectivity index (χ4v) is 6.37. The number of nitrogens with zero attached hydrogens (tertiary/aromatic N) is 2. The fourth-order valence-electron chi connectivity index (χ4n) is 5.08. The van der Waals surface area contributed by atoms with E-state index in [0.717, 1.165) is 17.5 Å². The van der Waals surface area contributed by atoms with Crippen molar-refractivity contribution < 1.29 is 22.5 Å². The summed E-state index contributed by atoms with van der Waals surface area (Å²) in [5.41, 5.74) is 3.71. The van der Waals surface area contributed by atoms with E-state index >= 15 is 0 Å². The van der Waals surface area contributed by atoms with Crippen LogP contribution in [0.5, 0.6) is 0 Å². The molecule has 9 nitrogen and oxygen atoms in total. The Labute approximate surface area is 259 Å². The second-order valence-corrected chi connectivity index (χ2v) is 12.6. The van der Waals surface area contributed by atoms with Gasteiger partial charge in [0.05, 0.1) is 4.90 Å².